The summed E-state index contributed by atoms with van der Waals surface area (Å²) in [5.41, 5.74) is 1.30. The second-order valence-electron chi connectivity index (χ2n) is 4.18. The van der Waals surface area contributed by atoms with Gasteiger partial charge in [-0.25, -0.2) is 4.98 Å². The van der Waals surface area contributed by atoms with Gasteiger partial charge < -0.3 is 5.32 Å². The molecule has 0 radical (unpaired) electrons. The number of anilines is 1. The Labute approximate surface area is 112 Å². The van der Waals surface area contributed by atoms with Gasteiger partial charge in [-0.05, 0) is 35.7 Å². The quantitative estimate of drug-likeness (QED) is 0.865. The van der Waals surface area contributed by atoms with E-state index in [-0.39, 0.29) is 0 Å². The average Bonchev–Trinajstić information content (AvgIpc) is 2.91. The molecule has 1 N–H and O–H groups in total. The third-order valence-electron chi connectivity index (χ3n) is 2.89. The molecule has 0 aliphatic heterocycles. The van der Waals surface area contributed by atoms with Gasteiger partial charge in [0.1, 0.15) is 5.82 Å². The summed E-state index contributed by atoms with van der Waals surface area (Å²) < 4.78 is 0. The number of aromatic nitrogens is 1. The molecule has 4 heteroatoms. The van der Waals surface area contributed by atoms with Crippen molar-refractivity contribution in [1.82, 2.24) is 9.88 Å². The first-order chi connectivity index (χ1) is 8.81. The molecule has 0 unspecified atom stereocenters. The van der Waals surface area contributed by atoms with E-state index in [1.165, 1.54) is 10.4 Å². The molecule has 18 heavy (non-hydrogen) atoms. The van der Waals surface area contributed by atoms with Crippen LogP contribution in [0.15, 0.2) is 35.8 Å². The zero-order valence-corrected chi connectivity index (χ0v) is 11.7. The van der Waals surface area contributed by atoms with Crippen molar-refractivity contribution in [2.75, 3.05) is 18.9 Å². The normalized spacial score (nSPS) is 10.8. The molecule has 2 rings (SSSR count). The van der Waals surface area contributed by atoms with Crippen LogP contribution >= 0.6 is 11.3 Å². The molecule has 3 nitrogen and oxygen atoms in total. The molecule has 0 fully saturated rings. The molecule has 2 aromatic heterocycles. The molecule has 0 saturated carbocycles. The number of nitrogens with one attached hydrogen (secondary N) is 1. The first kappa shape index (κ1) is 13.1. The van der Waals surface area contributed by atoms with Crippen molar-refractivity contribution in [2.24, 2.45) is 0 Å². The first-order valence-electron chi connectivity index (χ1n) is 6.19. The van der Waals surface area contributed by atoms with Gasteiger partial charge in [0.2, 0.25) is 0 Å². The summed E-state index contributed by atoms with van der Waals surface area (Å²) in [6.45, 7) is 5.24. The Bertz CT molecular complexity index is 468. The van der Waals surface area contributed by atoms with Crippen molar-refractivity contribution >= 4 is 17.2 Å². The highest BCUT2D eigenvalue weighted by atomic mass is 32.1. The van der Waals surface area contributed by atoms with Gasteiger partial charge in [0.15, 0.2) is 0 Å². The van der Waals surface area contributed by atoms with Crippen LogP contribution < -0.4 is 5.32 Å². The van der Waals surface area contributed by atoms with E-state index in [4.69, 9.17) is 0 Å². The van der Waals surface area contributed by atoms with Crippen molar-refractivity contribution < 1.29 is 0 Å². The van der Waals surface area contributed by atoms with Crippen LogP contribution in [-0.2, 0) is 13.1 Å². The minimum absolute atomic E-state index is 0.930. The maximum Gasteiger partial charge on any atom is 0.125 e. The first-order valence-corrected chi connectivity index (χ1v) is 7.07. The highest BCUT2D eigenvalue weighted by molar-refractivity contribution is 7.09. The molecule has 0 aromatic carbocycles. The molecular weight excluding hydrogens is 242 g/mol. The van der Waals surface area contributed by atoms with E-state index < -0.39 is 0 Å². The Hall–Kier alpha value is -1.39. The van der Waals surface area contributed by atoms with Crippen molar-refractivity contribution in [3.8, 4) is 0 Å². The topological polar surface area (TPSA) is 28.2 Å². The van der Waals surface area contributed by atoms with Crippen molar-refractivity contribution in [1.29, 1.82) is 0 Å². The van der Waals surface area contributed by atoms with Crippen LogP contribution in [0.5, 0.6) is 0 Å². The van der Waals surface area contributed by atoms with Gasteiger partial charge in [-0.2, -0.15) is 0 Å². The Morgan fingerprint density at radius 3 is 2.89 bits per heavy atom. The molecule has 96 valence electrons. The molecule has 0 bridgehead atoms. The smallest absolute Gasteiger partial charge is 0.125 e. The summed E-state index contributed by atoms with van der Waals surface area (Å²) in [5, 5.41) is 5.21. The number of thiophene rings is 1. The van der Waals surface area contributed by atoms with Crippen LogP contribution in [0.1, 0.15) is 17.4 Å². The molecule has 0 aliphatic carbocycles. The maximum atomic E-state index is 4.24. The molecule has 0 amide bonds. The zero-order chi connectivity index (χ0) is 12.8. The highest BCUT2D eigenvalue weighted by Gasteiger charge is 2.06. The van der Waals surface area contributed by atoms with Gasteiger partial charge in [0.05, 0.1) is 0 Å². The van der Waals surface area contributed by atoms with E-state index in [1.54, 1.807) is 0 Å². The molecule has 2 aromatic rings. The standard InChI is InChI=1S/C14H19N3S/c1-3-17(11-13-5-4-8-18-13)10-12-6-7-16-14(9-12)15-2/h4-9H,3,10-11H2,1-2H3,(H,15,16). The fourth-order valence-electron chi connectivity index (χ4n) is 1.87. The van der Waals surface area contributed by atoms with Gasteiger partial charge in [0.25, 0.3) is 0 Å². The van der Waals surface area contributed by atoms with Gasteiger partial charge in [-0.1, -0.05) is 13.0 Å². The van der Waals surface area contributed by atoms with E-state index in [0.29, 0.717) is 0 Å². The van der Waals surface area contributed by atoms with Crippen LogP contribution in [-0.4, -0.2) is 23.5 Å². The van der Waals surface area contributed by atoms with Crippen LogP contribution in [0.2, 0.25) is 0 Å². The fraction of sp³-hybridized carbons (Fsp3) is 0.357. The van der Waals surface area contributed by atoms with E-state index in [0.717, 1.165) is 25.5 Å². The van der Waals surface area contributed by atoms with Crippen LogP contribution in [0.4, 0.5) is 5.82 Å². The van der Waals surface area contributed by atoms with Gasteiger partial charge in [0, 0.05) is 31.2 Å². The summed E-state index contributed by atoms with van der Waals surface area (Å²) in [7, 11) is 1.90. The molecular formula is C14H19N3S. The Kier molecular flexibility index (Phi) is 4.73. The van der Waals surface area contributed by atoms with Crippen LogP contribution in [0.3, 0.4) is 0 Å². The summed E-state index contributed by atoms with van der Waals surface area (Å²) >= 11 is 1.82. The molecule has 0 atom stereocenters. The van der Waals surface area contributed by atoms with E-state index in [9.17, 15) is 0 Å². The van der Waals surface area contributed by atoms with Gasteiger partial charge >= 0.3 is 0 Å². The van der Waals surface area contributed by atoms with Gasteiger partial charge in [-0.3, -0.25) is 4.90 Å². The fourth-order valence-corrected chi connectivity index (χ4v) is 2.62. The highest BCUT2D eigenvalue weighted by Crippen LogP contribution is 2.15. The zero-order valence-electron chi connectivity index (χ0n) is 10.9. The average molecular weight is 261 g/mol. The lowest BCUT2D eigenvalue weighted by atomic mass is 10.2. The lowest BCUT2D eigenvalue weighted by Gasteiger charge is -2.19. The summed E-state index contributed by atoms with van der Waals surface area (Å²) in [4.78, 5) is 8.09. The maximum absolute atomic E-state index is 4.24. The lowest BCUT2D eigenvalue weighted by molar-refractivity contribution is 0.274. The van der Waals surface area contributed by atoms with Crippen LogP contribution in [0.25, 0.3) is 0 Å². The molecule has 0 saturated heterocycles. The molecule has 0 spiro atoms. The molecule has 0 aliphatic rings. The third-order valence-corrected chi connectivity index (χ3v) is 3.75. The van der Waals surface area contributed by atoms with Crippen molar-refractivity contribution in [3.05, 3.63) is 46.3 Å². The largest absolute Gasteiger partial charge is 0.373 e. The minimum atomic E-state index is 0.930. The summed E-state index contributed by atoms with van der Waals surface area (Å²) in [5.74, 6) is 0.930. The Morgan fingerprint density at radius 1 is 1.33 bits per heavy atom. The van der Waals surface area contributed by atoms with E-state index in [1.807, 2.05) is 24.6 Å². The SMILES string of the molecule is CCN(Cc1ccnc(NC)c1)Cc1cccs1. The number of rotatable bonds is 6. The van der Waals surface area contributed by atoms with E-state index >= 15 is 0 Å². The second kappa shape index (κ2) is 6.52. The monoisotopic (exact) mass is 261 g/mol. The second-order valence-corrected chi connectivity index (χ2v) is 5.21. The Morgan fingerprint density at radius 2 is 2.22 bits per heavy atom. The predicted molar refractivity (Wildman–Crippen MR) is 77.9 cm³/mol. The Balaban J connectivity index is 2.00. The lowest BCUT2D eigenvalue weighted by Crippen LogP contribution is -2.21. The number of hydrogen-bond donors (Lipinski definition) is 1. The van der Waals surface area contributed by atoms with E-state index in [2.05, 4.69) is 51.8 Å². The number of pyridine rings is 1. The predicted octanol–water partition coefficient (Wildman–Crippen LogP) is 3.21. The number of hydrogen-bond acceptors (Lipinski definition) is 4. The van der Waals surface area contributed by atoms with Crippen LogP contribution in [0, 0.1) is 0 Å². The van der Waals surface area contributed by atoms with Gasteiger partial charge in [-0.15, -0.1) is 11.3 Å². The third kappa shape index (κ3) is 3.55. The summed E-state index contributed by atoms with van der Waals surface area (Å²) in [6, 6.07) is 8.49. The number of nitrogens with zero attached hydrogens (tertiary/aromatic N) is 2. The minimum Gasteiger partial charge on any atom is -0.373 e. The summed E-state index contributed by atoms with van der Waals surface area (Å²) in [6.07, 6.45) is 1.86. The molecule has 2 heterocycles. The van der Waals surface area contributed by atoms with Crippen molar-refractivity contribution in [2.45, 2.75) is 20.0 Å². The van der Waals surface area contributed by atoms with Crippen molar-refractivity contribution in [3.63, 3.8) is 0 Å².